The van der Waals surface area contributed by atoms with Crippen LogP contribution in [0.15, 0.2) is 46.2 Å². The first-order chi connectivity index (χ1) is 8.82. The Morgan fingerprint density at radius 3 is 1.47 bits per heavy atom. The molecule has 0 aliphatic carbocycles. The molecule has 2 aromatic carbocycles. The lowest BCUT2D eigenvalue weighted by Gasteiger charge is -2.06. The van der Waals surface area contributed by atoms with Crippen molar-refractivity contribution in [3.05, 3.63) is 55.2 Å². The van der Waals surface area contributed by atoms with Crippen molar-refractivity contribution in [2.75, 3.05) is 0 Å². The molecule has 2 nitrogen and oxygen atoms in total. The molecule has 0 fully saturated rings. The van der Waals surface area contributed by atoms with Crippen LogP contribution < -0.4 is 0 Å². The molecule has 2 aromatic rings. The predicted octanol–water partition coefficient (Wildman–Crippen LogP) is 4.01. The second kappa shape index (κ2) is 5.60. The maximum Gasteiger partial charge on any atom is 0.206 e. The zero-order valence-corrected chi connectivity index (χ0v) is 14.3. The van der Waals surface area contributed by atoms with Gasteiger partial charge in [-0.05, 0) is 81.6 Å². The number of rotatable bonds is 2. The van der Waals surface area contributed by atoms with Crippen LogP contribution in [0.4, 0.5) is 8.78 Å². The number of benzene rings is 2. The van der Waals surface area contributed by atoms with Gasteiger partial charge in [-0.3, -0.25) is 0 Å². The van der Waals surface area contributed by atoms with Crippen molar-refractivity contribution in [3.63, 3.8) is 0 Å². The normalized spacial score (nSPS) is 11.6. The van der Waals surface area contributed by atoms with Crippen molar-refractivity contribution in [2.24, 2.45) is 0 Å². The molecule has 0 aliphatic heterocycles. The minimum atomic E-state index is -3.76. The maximum absolute atomic E-state index is 13.2. The molecule has 0 amide bonds. The monoisotopic (exact) mass is 506 g/mol. The standard InChI is InChI=1S/C12H6F2I2O2S/c13-9-3-1-7(5-11(9)15)19(17,18)8-2-4-10(14)12(16)6-8/h1-6H. The molecule has 0 atom stereocenters. The largest absolute Gasteiger partial charge is 0.219 e. The van der Waals surface area contributed by atoms with E-state index in [0.29, 0.717) is 0 Å². The summed E-state index contributed by atoms with van der Waals surface area (Å²) in [5, 5.41) is 0. The zero-order chi connectivity index (χ0) is 14.2. The van der Waals surface area contributed by atoms with Gasteiger partial charge in [0, 0.05) is 0 Å². The van der Waals surface area contributed by atoms with E-state index in [1.807, 2.05) is 0 Å². The van der Waals surface area contributed by atoms with Crippen LogP contribution in [0.1, 0.15) is 0 Å². The van der Waals surface area contributed by atoms with Crippen molar-refractivity contribution in [1.82, 2.24) is 0 Å². The second-order valence-electron chi connectivity index (χ2n) is 3.66. The fourth-order valence-corrected chi connectivity index (χ4v) is 4.19. The van der Waals surface area contributed by atoms with Crippen LogP contribution in [0.25, 0.3) is 0 Å². The highest BCUT2D eigenvalue weighted by Crippen LogP contribution is 2.25. The molecule has 19 heavy (non-hydrogen) atoms. The molecule has 0 saturated heterocycles. The minimum absolute atomic E-state index is 0.0132. The van der Waals surface area contributed by atoms with Crippen molar-refractivity contribution in [2.45, 2.75) is 9.79 Å². The first-order valence-corrected chi connectivity index (χ1v) is 8.61. The molecular formula is C12H6F2I2O2S. The summed E-state index contributed by atoms with van der Waals surface area (Å²) in [5.41, 5.74) is 0. The Kier molecular flexibility index (Phi) is 4.45. The van der Waals surface area contributed by atoms with Gasteiger partial charge in [-0.1, -0.05) is 0 Å². The van der Waals surface area contributed by atoms with E-state index in [1.165, 1.54) is 24.3 Å². The van der Waals surface area contributed by atoms with E-state index >= 15 is 0 Å². The SMILES string of the molecule is O=S(=O)(c1ccc(F)c(I)c1)c1ccc(F)c(I)c1. The highest BCUT2D eigenvalue weighted by Gasteiger charge is 2.19. The highest BCUT2D eigenvalue weighted by atomic mass is 127. The molecule has 0 spiro atoms. The number of sulfone groups is 1. The Labute approximate surface area is 136 Å². The summed E-state index contributed by atoms with van der Waals surface area (Å²) in [4.78, 5) is -0.0265. The summed E-state index contributed by atoms with van der Waals surface area (Å²) < 4.78 is 51.4. The van der Waals surface area contributed by atoms with Crippen LogP contribution >= 0.6 is 45.2 Å². The van der Waals surface area contributed by atoms with E-state index in [1.54, 1.807) is 45.2 Å². The van der Waals surface area contributed by atoms with E-state index in [4.69, 9.17) is 0 Å². The third kappa shape index (κ3) is 3.07. The number of hydrogen-bond donors (Lipinski definition) is 0. The van der Waals surface area contributed by atoms with Crippen LogP contribution in [0.5, 0.6) is 0 Å². The summed E-state index contributed by atoms with van der Waals surface area (Å²) in [5.74, 6) is -0.957. The highest BCUT2D eigenvalue weighted by molar-refractivity contribution is 14.1. The van der Waals surface area contributed by atoms with E-state index in [9.17, 15) is 17.2 Å². The Bertz CT molecular complexity index is 688. The smallest absolute Gasteiger partial charge is 0.206 e. The Morgan fingerprint density at radius 2 is 1.16 bits per heavy atom. The molecule has 0 aliphatic rings. The maximum atomic E-state index is 13.2. The Morgan fingerprint density at radius 1 is 0.789 bits per heavy atom. The molecule has 100 valence electrons. The topological polar surface area (TPSA) is 34.1 Å². The molecule has 0 unspecified atom stereocenters. The molecule has 0 aromatic heterocycles. The molecule has 7 heteroatoms. The Hall–Kier alpha value is -0.290. The van der Waals surface area contributed by atoms with Crippen LogP contribution in [-0.2, 0) is 9.84 Å². The molecule has 0 N–H and O–H groups in total. The van der Waals surface area contributed by atoms with Crippen LogP contribution in [0.3, 0.4) is 0 Å². The van der Waals surface area contributed by atoms with Crippen molar-refractivity contribution >= 4 is 55.0 Å². The van der Waals surface area contributed by atoms with E-state index in [2.05, 4.69) is 0 Å². The minimum Gasteiger partial charge on any atom is -0.219 e. The fraction of sp³-hybridized carbons (Fsp3) is 0. The molecule has 0 radical (unpaired) electrons. The third-order valence-corrected chi connectivity index (χ3v) is 5.81. The van der Waals surface area contributed by atoms with Crippen LogP contribution in [0.2, 0.25) is 0 Å². The Balaban J connectivity index is 2.58. The van der Waals surface area contributed by atoms with Crippen molar-refractivity contribution in [1.29, 1.82) is 0 Å². The quantitative estimate of drug-likeness (QED) is 0.456. The second-order valence-corrected chi connectivity index (χ2v) is 7.93. The van der Waals surface area contributed by atoms with Crippen LogP contribution in [0, 0.1) is 18.8 Å². The summed E-state index contributed by atoms with van der Waals surface area (Å²) in [6, 6.07) is 7.10. The third-order valence-electron chi connectivity index (χ3n) is 2.40. The van der Waals surface area contributed by atoms with Gasteiger partial charge in [0.2, 0.25) is 9.84 Å². The first-order valence-electron chi connectivity index (χ1n) is 4.97. The molecule has 0 saturated carbocycles. The van der Waals surface area contributed by atoms with Crippen LogP contribution in [-0.4, -0.2) is 8.42 Å². The van der Waals surface area contributed by atoms with E-state index < -0.39 is 21.5 Å². The molecule has 0 heterocycles. The average Bonchev–Trinajstić information content (AvgIpc) is 2.35. The number of hydrogen-bond acceptors (Lipinski definition) is 2. The van der Waals surface area contributed by atoms with Gasteiger partial charge in [0.1, 0.15) is 11.6 Å². The van der Waals surface area contributed by atoms with Gasteiger partial charge in [0.25, 0.3) is 0 Å². The predicted molar refractivity (Wildman–Crippen MR) is 83.7 cm³/mol. The molecule has 2 rings (SSSR count). The lowest BCUT2D eigenvalue weighted by Crippen LogP contribution is -2.03. The summed E-state index contributed by atoms with van der Waals surface area (Å²) in [7, 11) is -3.76. The fourth-order valence-electron chi connectivity index (χ4n) is 1.42. The zero-order valence-electron chi connectivity index (χ0n) is 9.20. The van der Waals surface area contributed by atoms with E-state index in [-0.39, 0.29) is 16.9 Å². The van der Waals surface area contributed by atoms with Gasteiger partial charge in [-0.2, -0.15) is 0 Å². The lowest BCUT2D eigenvalue weighted by molar-refractivity contribution is 0.592. The number of halogens is 4. The summed E-state index contributed by atoms with van der Waals surface area (Å²) >= 11 is 3.44. The van der Waals surface area contributed by atoms with Crippen molar-refractivity contribution < 1.29 is 17.2 Å². The van der Waals surface area contributed by atoms with Crippen molar-refractivity contribution in [3.8, 4) is 0 Å². The van der Waals surface area contributed by atoms with E-state index in [0.717, 1.165) is 12.1 Å². The first kappa shape index (κ1) is 15.1. The lowest BCUT2D eigenvalue weighted by atomic mass is 10.3. The van der Waals surface area contributed by atoms with Gasteiger partial charge in [0.15, 0.2) is 0 Å². The van der Waals surface area contributed by atoms with Gasteiger partial charge >= 0.3 is 0 Å². The van der Waals surface area contributed by atoms with Gasteiger partial charge in [-0.15, -0.1) is 0 Å². The molecule has 0 bridgehead atoms. The van der Waals surface area contributed by atoms with Gasteiger partial charge in [-0.25, -0.2) is 17.2 Å². The van der Waals surface area contributed by atoms with Gasteiger partial charge in [0.05, 0.1) is 16.9 Å². The van der Waals surface area contributed by atoms with Gasteiger partial charge < -0.3 is 0 Å². The molecular weight excluding hydrogens is 500 g/mol. The summed E-state index contributed by atoms with van der Waals surface area (Å²) in [6.07, 6.45) is 0. The average molecular weight is 506 g/mol. The summed E-state index contributed by atoms with van der Waals surface area (Å²) in [6.45, 7) is 0.